The maximum atomic E-state index is 11.3. The van der Waals surface area contributed by atoms with Gasteiger partial charge in [0.2, 0.25) is 0 Å². The first kappa shape index (κ1) is 43.2. The summed E-state index contributed by atoms with van der Waals surface area (Å²) in [6, 6.07) is 0. The van der Waals surface area contributed by atoms with E-state index in [-0.39, 0.29) is 0 Å². The third-order valence-corrected chi connectivity index (χ3v) is 9.89. The van der Waals surface area contributed by atoms with Gasteiger partial charge in [-0.25, -0.2) is 0 Å². The summed E-state index contributed by atoms with van der Waals surface area (Å²) >= 11 is 0. The molecule has 5 saturated heterocycles. The molecule has 5 fully saturated rings. The van der Waals surface area contributed by atoms with E-state index in [4.69, 9.17) is 42.6 Å². The zero-order valence-corrected chi connectivity index (χ0v) is 28.1. The quantitative estimate of drug-likeness (QED) is 0.0925. The second-order valence-corrected chi connectivity index (χ2v) is 13.5. The molecule has 0 aromatic rings. The highest BCUT2D eigenvalue weighted by Crippen LogP contribution is 2.36. The largest absolute Gasteiger partial charge is 0.394 e. The highest BCUT2D eigenvalue weighted by atomic mass is 16.8. The molecule has 5 rings (SSSR count). The molecule has 24 atom stereocenters. The first-order valence-electron chi connectivity index (χ1n) is 16.9. The van der Waals surface area contributed by atoms with Crippen LogP contribution in [0.25, 0.3) is 0 Å². The summed E-state index contributed by atoms with van der Waals surface area (Å²) in [6.07, 6.45) is -43.1. The Balaban J connectivity index is 1.43. The number of aliphatic hydroxyl groups excluding tert-OH is 15. The van der Waals surface area contributed by atoms with Gasteiger partial charge in [-0.15, -0.1) is 0 Å². The Morgan fingerprint density at radius 2 is 0.887 bits per heavy atom. The van der Waals surface area contributed by atoms with Crippen molar-refractivity contribution in [3.63, 3.8) is 0 Å². The molecule has 0 aromatic heterocycles. The second-order valence-electron chi connectivity index (χ2n) is 13.5. The fourth-order valence-electron chi connectivity index (χ4n) is 6.66. The number of rotatable bonds is 11. The molecule has 0 bridgehead atoms. The smallest absolute Gasteiger partial charge is 0.187 e. The predicted molar refractivity (Wildman–Crippen MR) is 159 cm³/mol. The van der Waals surface area contributed by atoms with Gasteiger partial charge in [0, 0.05) is 0 Å². The van der Waals surface area contributed by atoms with Crippen LogP contribution in [0.1, 0.15) is 6.92 Å². The molecule has 0 aliphatic carbocycles. The van der Waals surface area contributed by atoms with Crippen molar-refractivity contribution in [2.75, 3.05) is 26.4 Å². The number of hydrogen-bond acceptors (Lipinski definition) is 24. The summed E-state index contributed by atoms with van der Waals surface area (Å²) in [7, 11) is 0. The van der Waals surface area contributed by atoms with Crippen LogP contribution in [0.15, 0.2) is 0 Å². The fraction of sp³-hybridized carbons (Fsp3) is 1.00. The lowest BCUT2D eigenvalue weighted by Gasteiger charge is -2.50. The van der Waals surface area contributed by atoms with E-state index >= 15 is 0 Å². The molecule has 24 nitrogen and oxygen atoms in total. The summed E-state index contributed by atoms with van der Waals surface area (Å²) in [4.78, 5) is 0. The van der Waals surface area contributed by atoms with Crippen molar-refractivity contribution in [2.45, 2.75) is 154 Å². The molecule has 15 N–H and O–H groups in total. The van der Waals surface area contributed by atoms with Crippen LogP contribution >= 0.6 is 0 Å². The molecule has 0 amide bonds. The average Bonchev–Trinajstić information content (AvgIpc) is 3.14. The molecule has 1 unspecified atom stereocenters. The van der Waals surface area contributed by atoms with E-state index in [1.54, 1.807) is 0 Å². The molecule has 5 aliphatic heterocycles. The van der Waals surface area contributed by atoms with E-state index in [0.29, 0.717) is 0 Å². The van der Waals surface area contributed by atoms with Gasteiger partial charge < -0.3 is 119 Å². The SMILES string of the molecule is C[C@@H]1O[C@@H](O[C@H]2[C@H](O)[C@@H](O)[C@H](O[C@H]3[C@H](O[C@@H]4[C@H](O)[C@@H](O)C(O)O[C@@H]4CO)O[C@H](CO)[C@@H](O)[C@@H]3O[C@@H]3OC[C@@H](O)[C@H](O)[C@H]3O)O[C@@H]2CO)[C@H](O)[C@H](O)[C@H]1O. The molecule has 24 heteroatoms. The van der Waals surface area contributed by atoms with Crippen LogP contribution in [0.4, 0.5) is 0 Å². The first-order valence-corrected chi connectivity index (χ1v) is 16.9. The molecular formula is C29H50O24. The Kier molecular flexibility index (Phi) is 14.7. The van der Waals surface area contributed by atoms with Crippen molar-refractivity contribution in [1.82, 2.24) is 0 Å². The molecule has 0 aromatic carbocycles. The van der Waals surface area contributed by atoms with Gasteiger partial charge in [0.05, 0.1) is 32.5 Å². The van der Waals surface area contributed by atoms with Crippen LogP contribution in [-0.2, 0) is 42.6 Å². The van der Waals surface area contributed by atoms with Gasteiger partial charge in [-0.2, -0.15) is 0 Å². The summed E-state index contributed by atoms with van der Waals surface area (Å²) in [6.45, 7) is -1.99. The monoisotopic (exact) mass is 782 g/mol. The maximum Gasteiger partial charge on any atom is 0.187 e. The number of hydrogen-bond donors (Lipinski definition) is 15. The third-order valence-electron chi connectivity index (χ3n) is 9.89. The highest BCUT2D eigenvalue weighted by Gasteiger charge is 2.57. The van der Waals surface area contributed by atoms with Crippen LogP contribution < -0.4 is 0 Å². The van der Waals surface area contributed by atoms with E-state index in [1.807, 2.05) is 0 Å². The van der Waals surface area contributed by atoms with Gasteiger partial charge in [-0.1, -0.05) is 0 Å². The normalized spacial score (nSPS) is 54.1. The van der Waals surface area contributed by atoms with Gasteiger partial charge in [0.15, 0.2) is 31.5 Å². The maximum absolute atomic E-state index is 11.3. The highest BCUT2D eigenvalue weighted by molar-refractivity contribution is 4.99. The third kappa shape index (κ3) is 8.81. The lowest BCUT2D eigenvalue weighted by atomic mass is 9.95. The minimum atomic E-state index is -2.13. The molecule has 0 radical (unpaired) electrons. The van der Waals surface area contributed by atoms with Gasteiger partial charge in [0.1, 0.15) is 110 Å². The van der Waals surface area contributed by atoms with Crippen LogP contribution in [0.5, 0.6) is 0 Å². The van der Waals surface area contributed by atoms with Gasteiger partial charge in [-0.05, 0) is 6.92 Å². The van der Waals surface area contributed by atoms with E-state index in [2.05, 4.69) is 0 Å². The summed E-state index contributed by atoms with van der Waals surface area (Å²) < 4.78 is 50.4. The van der Waals surface area contributed by atoms with Crippen molar-refractivity contribution in [2.24, 2.45) is 0 Å². The summed E-state index contributed by atoms with van der Waals surface area (Å²) in [5.74, 6) is 0. The molecular weight excluding hydrogens is 732 g/mol. The van der Waals surface area contributed by atoms with E-state index in [9.17, 15) is 76.6 Å². The van der Waals surface area contributed by atoms with E-state index < -0.39 is 174 Å². The fourth-order valence-corrected chi connectivity index (χ4v) is 6.66. The van der Waals surface area contributed by atoms with Gasteiger partial charge in [0.25, 0.3) is 0 Å². The van der Waals surface area contributed by atoms with Crippen LogP contribution in [0.2, 0.25) is 0 Å². The predicted octanol–water partition coefficient (Wildman–Crippen LogP) is -10.3. The second kappa shape index (κ2) is 18.1. The van der Waals surface area contributed by atoms with Crippen molar-refractivity contribution in [3.05, 3.63) is 0 Å². The van der Waals surface area contributed by atoms with Crippen molar-refractivity contribution < 1.29 is 119 Å². The van der Waals surface area contributed by atoms with Gasteiger partial charge in [-0.3, -0.25) is 0 Å². The molecule has 5 heterocycles. The van der Waals surface area contributed by atoms with E-state index in [0.717, 1.165) is 0 Å². The van der Waals surface area contributed by atoms with Gasteiger partial charge >= 0.3 is 0 Å². The zero-order chi connectivity index (χ0) is 39.0. The molecule has 0 spiro atoms. The lowest BCUT2D eigenvalue weighted by Crippen LogP contribution is -2.68. The Morgan fingerprint density at radius 1 is 0.415 bits per heavy atom. The summed E-state index contributed by atoms with van der Waals surface area (Å²) in [5.41, 5.74) is 0. The number of ether oxygens (including phenoxy) is 9. The molecule has 0 saturated carbocycles. The minimum absolute atomic E-state index is 0.564. The van der Waals surface area contributed by atoms with Crippen LogP contribution in [0, 0.1) is 0 Å². The Morgan fingerprint density at radius 3 is 1.51 bits per heavy atom. The van der Waals surface area contributed by atoms with E-state index in [1.165, 1.54) is 6.92 Å². The molecule has 5 aliphatic rings. The van der Waals surface area contributed by atoms with Crippen molar-refractivity contribution in [3.8, 4) is 0 Å². The minimum Gasteiger partial charge on any atom is -0.394 e. The Bertz CT molecular complexity index is 1140. The van der Waals surface area contributed by atoms with Crippen LogP contribution in [-0.4, -0.2) is 250 Å². The standard InChI is InChI=1S/C29H50O24/c1-6-11(34)14(37)19(42)27(46-6)50-22-10(4-32)49-28(20(43)16(22)39)53-24-23(52-26-18(41)12(35)7(33)5-45-26)13(36)8(2-30)48-29(24)51-21-9(3-31)47-25(44)17(40)15(21)38/h6-44H,2-5H2,1H3/t6-,7+,8+,9+,10+,11-,12-,13+,14+,15+,16+,17+,18+,19+,20+,21-,22+,23-,24+,25?,26-,27-,28-,29-/m0/s1. The first-order chi connectivity index (χ1) is 25.0. The average molecular weight is 783 g/mol. The van der Waals surface area contributed by atoms with Crippen molar-refractivity contribution in [1.29, 1.82) is 0 Å². The molecule has 310 valence electrons. The number of aliphatic hydroxyl groups is 15. The Hall–Kier alpha value is -0.960. The van der Waals surface area contributed by atoms with Crippen molar-refractivity contribution >= 4 is 0 Å². The van der Waals surface area contributed by atoms with Crippen LogP contribution in [0.3, 0.4) is 0 Å². The molecule has 53 heavy (non-hydrogen) atoms. The zero-order valence-electron chi connectivity index (χ0n) is 28.1. The Labute approximate surface area is 300 Å². The lowest BCUT2D eigenvalue weighted by molar-refractivity contribution is -0.407. The topological polar surface area (TPSA) is 387 Å². The summed E-state index contributed by atoms with van der Waals surface area (Å²) in [5, 5.41) is 156.